The number of fused-ring (bicyclic) bond motifs is 1. The van der Waals surface area contributed by atoms with Crippen molar-refractivity contribution in [1.29, 1.82) is 0 Å². The van der Waals surface area contributed by atoms with Crippen molar-refractivity contribution in [2.45, 2.75) is 5.75 Å². The van der Waals surface area contributed by atoms with Crippen molar-refractivity contribution in [2.75, 3.05) is 4.72 Å². The number of hydrogen-bond donors (Lipinski definition) is 2. The van der Waals surface area contributed by atoms with Gasteiger partial charge >= 0.3 is 0 Å². The first-order chi connectivity index (χ1) is 3.97. The largest absolute Gasteiger partial charge is 0.348 e. The van der Waals surface area contributed by atoms with Gasteiger partial charge in [0.25, 0.3) is 0 Å². The van der Waals surface area contributed by atoms with Gasteiger partial charge in [-0.25, -0.2) is 0 Å². The second kappa shape index (κ2) is 1.45. The Labute approximate surface area is 51.8 Å². The standard InChI is InChI=1S/C5H6N2S/c1-2-6-5-4(1)3-8-7-5/h1-2,6-7H,3H2. The molecule has 0 bridgehead atoms. The molecule has 2 heterocycles. The van der Waals surface area contributed by atoms with Crippen LogP contribution in [-0.2, 0) is 5.75 Å². The zero-order valence-corrected chi connectivity index (χ0v) is 5.09. The second-order valence-corrected chi connectivity index (χ2v) is 2.55. The first-order valence-corrected chi connectivity index (χ1v) is 3.49. The van der Waals surface area contributed by atoms with Crippen LogP contribution >= 0.6 is 11.9 Å². The van der Waals surface area contributed by atoms with Crippen LogP contribution < -0.4 is 4.72 Å². The summed E-state index contributed by atoms with van der Waals surface area (Å²) in [5, 5.41) is 0. The van der Waals surface area contributed by atoms with Crippen molar-refractivity contribution in [3.8, 4) is 0 Å². The Hall–Kier alpha value is -0.570. The zero-order valence-electron chi connectivity index (χ0n) is 4.27. The van der Waals surface area contributed by atoms with Gasteiger partial charge in [-0.2, -0.15) is 0 Å². The van der Waals surface area contributed by atoms with Crippen LogP contribution in [0.4, 0.5) is 5.82 Å². The first-order valence-electron chi connectivity index (χ1n) is 2.51. The molecule has 0 aromatic carbocycles. The fourth-order valence-corrected chi connectivity index (χ4v) is 1.61. The molecule has 42 valence electrons. The van der Waals surface area contributed by atoms with E-state index in [1.54, 1.807) is 11.9 Å². The van der Waals surface area contributed by atoms with Gasteiger partial charge in [0.2, 0.25) is 0 Å². The van der Waals surface area contributed by atoms with Crippen LogP contribution in [0, 0.1) is 0 Å². The Morgan fingerprint density at radius 1 is 1.62 bits per heavy atom. The van der Waals surface area contributed by atoms with Crippen LogP contribution in [-0.4, -0.2) is 4.98 Å². The lowest BCUT2D eigenvalue weighted by Gasteiger charge is -1.86. The molecule has 3 heteroatoms. The second-order valence-electron chi connectivity index (χ2n) is 1.77. The van der Waals surface area contributed by atoms with Gasteiger partial charge in [0.1, 0.15) is 5.82 Å². The molecule has 1 aliphatic heterocycles. The molecule has 0 amide bonds. The summed E-state index contributed by atoms with van der Waals surface area (Å²) in [5.74, 6) is 2.27. The number of anilines is 1. The summed E-state index contributed by atoms with van der Waals surface area (Å²) < 4.78 is 3.14. The van der Waals surface area contributed by atoms with E-state index in [0.717, 1.165) is 5.75 Å². The fraction of sp³-hybridized carbons (Fsp3) is 0.200. The number of aromatic amines is 1. The molecule has 2 rings (SSSR count). The van der Waals surface area contributed by atoms with Crippen molar-refractivity contribution >= 4 is 17.8 Å². The molecule has 2 N–H and O–H groups in total. The monoisotopic (exact) mass is 126 g/mol. The topological polar surface area (TPSA) is 27.8 Å². The van der Waals surface area contributed by atoms with Crippen molar-refractivity contribution < 1.29 is 0 Å². The Morgan fingerprint density at radius 3 is 3.50 bits per heavy atom. The van der Waals surface area contributed by atoms with Crippen LogP contribution in [0.2, 0.25) is 0 Å². The molecular weight excluding hydrogens is 120 g/mol. The quantitative estimate of drug-likeness (QED) is 0.516. The van der Waals surface area contributed by atoms with Gasteiger partial charge in [-0.3, -0.25) is 0 Å². The highest BCUT2D eigenvalue weighted by Gasteiger charge is 2.09. The molecular formula is C5H6N2S. The van der Waals surface area contributed by atoms with E-state index < -0.39 is 0 Å². The minimum Gasteiger partial charge on any atom is -0.348 e. The number of hydrogen-bond acceptors (Lipinski definition) is 2. The highest BCUT2D eigenvalue weighted by atomic mass is 32.2. The van der Waals surface area contributed by atoms with Crippen molar-refractivity contribution in [3.05, 3.63) is 17.8 Å². The minimum atomic E-state index is 1.10. The molecule has 0 saturated carbocycles. The van der Waals surface area contributed by atoms with Crippen molar-refractivity contribution in [3.63, 3.8) is 0 Å². The molecule has 2 nitrogen and oxygen atoms in total. The summed E-state index contributed by atoms with van der Waals surface area (Å²) in [4.78, 5) is 3.09. The Morgan fingerprint density at radius 2 is 2.62 bits per heavy atom. The van der Waals surface area contributed by atoms with Gasteiger partial charge in [-0.15, -0.1) is 0 Å². The van der Waals surface area contributed by atoms with E-state index in [-0.39, 0.29) is 0 Å². The van der Waals surface area contributed by atoms with Gasteiger partial charge in [0.05, 0.1) is 0 Å². The third-order valence-corrected chi connectivity index (χ3v) is 2.04. The summed E-state index contributed by atoms with van der Waals surface area (Å²) in [5.41, 5.74) is 1.38. The van der Waals surface area contributed by atoms with Crippen LogP contribution in [0.3, 0.4) is 0 Å². The van der Waals surface area contributed by atoms with Crippen molar-refractivity contribution in [1.82, 2.24) is 4.98 Å². The van der Waals surface area contributed by atoms with E-state index in [4.69, 9.17) is 0 Å². The lowest BCUT2D eigenvalue weighted by molar-refractivity contribution is 1.41. The van der Waals surface area contributed by atoms with E-state index in [9.17, 15) is 0 Å². The normalized spacial score (nSPS) is 15.5. The zero-order chi connectivity index (χ0) is 5.40. The van der Waals surface area contributed by atoms with E-state index in [1.807, 2.05) is 6.20 Å². The third kappa shape index (κ3) is 0.448. The molecule has 1 aromatic rings. The smallest absolute Gasteiger partial charge is 0.117 e. The predicted octanol–water partition coefficient (Wildman–Crippen LogP) is 1.59. The highest BCUT2D eigenvalue weighted by Crippen LogP contribution is 2.28. The third-order valence-electron chi connectivity index (χ3n) is 1.24. The van der Waals surface area contributed by atoms with Crippen LogP contribution in [0.1, 0.15) is 5.56 Å². The average molecular weight is 126 g/mol. The Bertz CT molecular complexity index is 176. The molecule has 0 spiro atoms. The summed E-state index contributed by atoms with van der Waals surface area (Å²) in [7, 11) is 0. The Balaban J connectivity index is 2.54. The Kier molecular flexibility index (Phi) is 0.784. The fourth-order valence-electron chi connectivity index (χ4n) is 0.803. The van der Waals surface area contributed by atoms with Gasteiger partial charge in [0, 0.05) is 17.5 Å². The van der Waals surface area contributed by atoms with E-state index >= 15 is 0 Å². The van der Waals surface area contributed by atoms with Crippen LogP contribution in [0.5, 0.6) is 0 Å². The summed E-state index contributed by atoms with van der Waals surface area (Å²) in [6.07, 6.45) is 1.96. The summed E-state index contributed by atoms with van der Waals surface area (Å²) in [6, 6.07) is 2.10. The molecule has 0 unspecified atom stereocenters. The number of aromatic nitrogens is 1. The van der Waals surface area contributed by atoms with E-state index in [1.165, 1.54) is 11.4 Å². The van der Waals surface area contributed by atoms with E-state index in [2.05, 4.69) is 15.8 Å². The predicted molar refractivity (Wildman–Crippen MR) is 35.7 cm³/mol. The molecule has 0 atom stereocenters. The molecule has 1 aliphatic rings. The molecule has 8 heavy (non-hydrogen) atoms. The lowest BCUT2D eigenvalue weighted by Crippen LogP contribution is -1.75. The maximum absolute atomic E-state index is 3.14. The van der Waals surface area contributed by atoms with Gasteiger partial charge in [-0.05, 0) is 18.0 Å². The summed E-state index contributed by atoms with van der Waals surface area (Å²) >= 11 is 1.73. The lowest BCUT2D eigenvalue weighted by atomic mass is 10.4. The molecule has 1 aromatic heterocycles. The first kappa shape index (κ1) is 4.32. The molecule has 0 radical (unpaired) electrons. The van der Waals surface area contributed by atoms with Crippen molar-refractivity contribution in [2.24, 2.45) is 0 Å². The molecule has 0 saturated heterocycles. The van der Waals surface area contributed by atoms with Crippen LogP contribution in [0.15, 0.2) is 12.3 Å². The average Bonchev–Trinajstić information content (AvgIpc) is 2.15. The number of H-pyrrole nitrogens is 1. The molecule has 0 fully saturated rings. The number of rotatable bonds is 0. The molecule has 0 aliphatic carbocycles. The van der Waals surface area contributed by atoms with Gasteiger partial charge in [0.15, 0.2) is 0 Å². The van der Waals surface area contributed by atoms with E-state index in [0.29, 0.717) is 0 Å². The van der Waals surface area contributed by atoms with Gasteiger partial charge in [-0.1, -0.05) is 0 Å². The van der Waals surface area contributed by atoms with Gasteiger partial charge < -0.3 is 9.71 Å². The number of nitrogens with one attached hydrogen (secondary N) is 2. The SMILES string of the molecule is c1cc2c([nH]1)NSC2. The summed E-state index contributed by atoms with van der Waals surface area (Å²) in [6.45, 7) is 0. The highest BCUT2D eigenvalue weighted by molar-refractivity contribution is 8.00. The maximum Gasteiger partial charge on any atom is 0.117 e. The maximum atomic E-state index is 3.14. The minimum absolute atomic E-state index is 1.10. The van der Waals surface area contributed by atoms with Crippen LogP contribution in [0.25, 0.3) is 0 Å².